The van der Waals surface area contributed by atoms with Crippen molar-refractivity contribution in [3.8, 4) is 0 Å². The molecule has 0 radical (unpaired) electrons. The minimum absolute atomic E-state index is 0.144. The van der Waals surface area contributed by atoms with Crippen LogP contribution in [-0.2, 0) is 4.79 Å². The Labute approximate surface area is 135 Å². The summed E-state index contributed by atoms with van der Waals surface area (Å²) in [5.41, 5.74) is -0.569. The Bertz CT molecular complexity index is 433. The Balaban J connectivity index is 2.73. The summed E-state index contributed by atoms with van der Waals surface area (Å²) in [6.45, 7) is 5.59. The molecule has 1 aliphatic rings. The van der Waals surface area contributed by atoms with E-state index in [9.17, 15) is 22.8 Å². The number of carbonyl (C=O) groups excluding carboxylic acids is 2. The van der Waals surface area contributed by atoms with Crippen molar-refractivity contribution < 1.29 is 22.8 Å². The lowest BCUT2D eigenvalue weighted by Crippen LogP contribution is -2.54. The molecule has 1 heterocycles. The van der Waals surface area contributed by atoms with Crippen molar-refractivity contribution in [1.29, 1.82) is 0 Å². The Morgan fingerprint density at radius 1 is 1.26 bits per heavy atom. The topological polar surface area (TPSA) is 61.4 Å². The third-order valence-corrected chi connectivity index (χ3v) is 3.84. The third-order valence-electron chi connectivity index (χ3n) is 3.84. The second-order valence-corrected chi connectivity index (χ2v) is 7.21. The fraction of sp³-hybridized carbons (Fsp3) is 0.867. The van der Waals surface area contributed by atoms with E-state index in [0.717, 1.165) is 0 Å². The van der Waals surface area contributed by atoms with E-state index in [-0.39, 0.29) is 24.8 Å². The van der Waals surface area contributed by atoms with Gasteiger partial charge >= 0.3 is 12.2 Å². The zero-order chi connectivity index (χ0) is 17.8. The first-order valence-electron chi connectivity index (χ1n) is 7.78. The molecule has 0 aromatic heterocycles. The van der Waals surface area contributed by atoms with E-state index in [2.05, 4.69) is 10.6 Å². The van der Waals surface area contributed by atoms with Crippen LogP contribution in [0.2, 0.25) is 0 Å². The molecular weight excluding hydrogens is 311 g/mol. The highest BCUT2D eigenvalue weighted by Gasteiger charge is 2.43. The molecule has 0 aromatic rings. The van der Waals surface area contributed by atoms with Crippen LogP contribution in [0.5, 0.6) is 0 Å². The summed E-state index contributed by atoms with van der Waals surface area (Å²) in [6, 6.07) is -2.65. The third kappa shape index (κ3) is 6.27. The van der Waals surface area contributed by atoms with Gasteiger partial charge in [0.05, 0.1) is 5.92 Å². The SMILES string of the molecule is CNC(=O)[C@@H]1CCCN(C(=O)N[C@H](CC(C)(C)C)C(F)(F)F)C1. The van der Waals surface area contributed by atoms with E-state index in [1.807, 2.05) is 0 Å². The first kappa shape index (κ1) is 19.6. The van der Waals surface area contributed by atoms with Gasteiger partial charge in [-0.25, -0.2) is 4.79 Å². The number of likely N-dealkylation sites (tertiary alicyclic amines) is 1. The highest BCUT2D eigenvalue weighted by atomic mass is 19.4. The minimum Gasteiger partial charge on any atom is -0.359 e. The normalized spacial score (nSPS) is 20.8. The molecule has 1 saturated heterocycles. The van der Waals surface area contributed by atoms with Crippen molar-refractivity contribution in [2.24, 2.45) is 11.3 Å². The molecule has 0 aliphatic carbocycles. The van der Waals surface area contributed by atoms with Gasteiger partial charge in [0.15, 0.2) is 0 Å². The molecule has 1 fully saturated rings. The number of nitrogens with zero attached hydrogens (tertiary/aromatic N) is 1. The Morgan fingerprint density at radius 2 is 1.87 bits per heavy atom. The lowest BCUT2D eigenvalue weighted by Gasteiger charge is -2.34. The lowest BCUT2D eigenvalue weighted by molar-refractivity contribution is -0.159. The predicted octanol–water partition coefficient (Wildman–Crippen LogP) is 2.52. The molecule has 8 heteroatoms. The predicted molar refractivity (Wildman–Crippen MR) is 80.8 cm³/mol. The highest BCUT2D eigenvalue weighted by molar-refractivity contribution is 5.80. The van der Waals surface area contributed by atoms with E-state index in [4.69, 9.17) is 0 Å². The van der Waals surface area contributed by atoms with Gasteiger partial charge in [-0.3, -0.25) is 4.79 Å². The van der Waals surface area contributed by atoms with Crippen LogP contribution in [0, 0.1) is 11.3 Å². The highest BCUT2D eigenvalue weighted by Crippen LogP contribution is 2.31. The van der Waals surface area contributed by atoms with Crippen molar-refractivity contribution >= 4 is 11.9 Å². The average molecular weight is 337 g/mol. The van der Waals surface area contributed by atoms with Crippen LogP contribution in [0.1, 0.15) is 40.0 Å². The molecule has 134 valence electrons. The van der Waals surface area contributed by atoms with Crippen molar-refractivity contribution in [2.45, 2.75) is 52.3 Å². The molecule has 1 rings (SSSR count). The van der Waals surface area contributed by atoms with Crippen molar-refractivity contribution in [3.05, 3.63) is 0 Å². The lowest BCUT2D eigenvalue weighted by atomic mass is 9.88. The van der Waals surface area contributed by atoms with Crippen LogP contribution in [0.3, 0.4) is 0 Å². The van der Waals surface area contributed by atoms with Crippen LogP contribution in [0.4, 0.5) is 18.0 Å². The summed E-state index contributed by atoms with van der Waals surface area (Å²) in [5.74, 6) is -0.559. The molecule has 1 aliphatic heterocycles. The molecule has 3 amide bonds. The number of nitrogens with one attached hydrogen (secondary N) is 2. The Morgan fingerprint density at radius 3 is 2.35 bits per heavy atom. The molecule has 0 spiro atoms. The number of rotatable bonds is 3. The fourth-order valence-electron chi connectivity index (χ4n) is 2.68. The summed E-state index contributed by atoms with van der Waals surface area (Å²) >= 11 is 0. The van der Waals surface area contributed by atoms with Gasteiger partial charge in [0, 0.05) is 20.1 Å². The molecule has 0 unspecified atom stereocenters. The largest absolute Gasteiger partial charge is 0.408 e. The van der Waals surface area contributed by atoms with Gasteiger partial charge in [-0.05, 0) is 24.7 Å². The standard InChI is InChI=1S/C15H26F3N3O2/c1-14(2,3)8-11(15(16,17)18)20-13(23)21-7-5-6-10(9-21)12(22)19-4/h10-11H,5-9H2,1-4H3,(H,19,22)(H,20,23)/t10-,11-/m1/s1. The summed E-state index contributed by atoms with van der Waals surface area (Å²) in [4.78, 5) is 25.1. The Hall–Kier alpha value is -1.47. The van der Waals surface area contributed by atoms with E-state index in [0.29, 0.717) is 19.4 Å². The molecule has 0 saturated carbocycles. The molecule has 0 bridgehead atoms. The van der Waals surface area contributed by atoms with Gasteiger partial charge in [0.1, 0.15) is 6.04 Å². The molecule has 2 atom stereocenters. The number of hydrogen-bond donors (Lipinski definition) is 2. The summed E-state index contributed by atoms with van der Waals surface area (Å²) in [5, 5.41) is 4.60. The minimum atomic E-state index is -4.50. The van der Waals surface area contributed by atoms with Crippen LogP contribution in [-0.4, -0.2) is 49.2 Å². The van der Waals surface area contributed by atoms with Crippen molar-refractivity contribution in [3.63, 3.8) is 0 Å². The maximum absolute atomic E-state index is 13.1. The maximum atomic E-state index is 13.1. The first-order chi connectivity index (χ1) is 10.4. The summed E-state index contributed by atoms with van der Waals surface area (Å²) in [7, 11) is 1.50. The molecule has 2 N–H and O–H groups in total. The fourth-order valence-corrected chi connectivity index (χ4v) is 2.68. The molecule has 5 nitrogen and oxygen atoms in total. The number of amides is 3. The van der Waals surface area contributed by atoms with Gasteiger partial charge in [-0.2, -0.15) is 13.2 Å². The van der Waals surface area contributed by atoms with Crippen LogP contribution in [0.15, 0.2) is 0 Å². The van der Waals surface area contributed by atoms with E-state index >= 15 is 0 Å². The average Bonchev–Trinajstić information content (AvgIpc) is 2.43. The monoisotopic (exact) mass is 337 g/mol. The summed E-state index contributed by atoms with van der Waals surface area (Å²) in [6.07, 6.45) is -3.47. The van der Waals surface area contributed by atoms with Gasteiger partial charge in [0.25, 0.3) is 0 Å². The smallest absolute Gasteiger partial charge is 0.359 e. The van der Waals surface area contributed by atoms with E-state index in [1.165, 1.54) is 11.9 Å². The van der Waals surface area contributed by atoms with Crippen molar-refractivity contribution in [1.82, 2.24) is 15.5 Å². The van der Waals surface area contributed by atoms with Gasteiger partial charge in [-0.1, -0.05) is 20.8 Å². The number of piperidine rings is 1. The van der Waals surface area contributed by atoms with Gasteiger partial charge < -0.3 is 15.5 Å². The zero-order valence-electron chi connectivity index (χ0n) is 14.1. The van der Waals surface area contributed by atoms with Gasteiger partial charge in [0.2, 0.25) is 5.91 Å². The molecular formula is C15H26F3N3O2. The number of urea groups is 1. The molecule has 23 heavy (non-hydrogen) atoms. The zero-order valence-corrected chi connectivity index (χ0v) is 14.1. The quantitative estimate of drug-likeness (QED) is 0.831. The van der Waals surface area contributed by atoms with Crippen molar-refractivity contribution in [2.75, 3.05) is 20.1 Å². The second kappa shape index (κ2) is 7.40. The number of alkyl halides is 3. The maximum Gasteiger partial charge on any atom is 0.408 e. The molecule has 0 aromatic carbocycles. The number of hydrogen-bond acceptors (Lipinski definition) is 2. The second-order valence-electron chi connectivity index (χ2n) is 7.21. The van der Waals surface area contributed by atoms with E-state index < -0.39 is 23.7 Å². The van der Waals surface area contributed by atoms with E-state index in [1.54, 1.807) is 20.8 Å². The van der Waals surface area contributed by atoms with Gasteiger partial charge in [-0.15, -0.1) is 0 Å². The van der Waals surface area contributed by atoms with Crippen LogP contribution >= 0.6 is 0 Å². The van der Waals surface area contributed by atoms with Crippen LogP contribution in [0.25, 0.3) is 0 Å². The number of halogens is 3. The summed E-state index contributed by atoms with van der Waals surface area (Å²) < 4.78 is 39.4. The Kier molecular flexibility index (Phi) is 6.30. The first-order valence-corrected chi connectivity index (χ1v) is 7.78. The van der Waals surface area contributed by atoms with Crippen LogP contribution < -0.4 is 10.6 Å². The number of carbonyl (C=O) groups is 2.